The number of aromatic hydroxyl groups is 2. The summed E-state index contributed by atoms with van der Waals surface area (Å²) in [6, 6.07) is 12.8. The predicted molar refractivity (Wildman–Crippen MR) is 115 cm³/mol. The van der Waals surface area contributed by atoms with E-state index in [1.165, 1.54) is 49.7 Å². The van der Waals surface area contributed by atoms with Gasteiger partial charge in [0, 0.05) is 5.41 Å². The van der Waals surface area contributed by atoms with Crippen molar-refractivity contribution < 1.29 is 10.2 Å². The second kappa shape index (κ2) is 4.85. The summed E-state index contributed by atoms with van der Waals surface area (Å²) in [6.07, 6.45) is 7.71. The number of phenolic OH excluding ortho intramolecular Hbond substituents is 2. The van der Waals surface area contributed by atoms with Crippen LogP contribution < -0.4 is 0 Å². The molecule has 0 saturated heterocycles. The molecule has 1 spiro atoms. The summed E-state index contributed by atoms with van der Waals surface area (Å²) in [5.41, 5.74) is 6.54. The average Bonchev–Trinajstić information content (AvgIpc) is 2.90. The highest BCUT2D eigenvalue weighted by atomic mass is 16.3. The molecule has 0 radical (unpaired) electrons. The number of phenols is 2. The Morgan fingerprint density at radius 1 is 0.690 bits per heavy atom. The maximum Gasteiger partial charge on any atom is 0.118 e. The average molecular weight is 389 g/mol. The Labute approximate surface area is 174 Å². The summed E-state index contributed by atoms with van der Waals surface area (Å²) >= 11 is 0. The van der Waals surface area contributed by atoms with E-state index in [9.17, 15) is 10.2 Å². The molecule has 2 aromatic rings. The molecule has 4 aliphatic carbocycles. The lowest BCUT2D eigenvalue weighted by atomic mass is 9.38. The van der Waals surface area contributed by atoms with Crippen molar-refractivity contribution in [1.82, 2.24) is 0 Å². The van der Waals surface area contributed by atoms with Gasteiger partial charge in [-0.2, -0.15) is 0 Å². The molecule has 6 rings (SSSR count). The number of fused-ring (bicyclic) bond motifs is 2. The topological polar surface area (TPSA) is 40.5 Å². The van der Waals surface area contributed by atoms with Gasteiger partial charge in [0.05, 0.1) is 0 Å². The van der Waals surface area contributed by atoms with E-state index in [0.717, 1.165) is 11.1 Å². The number of aryl methyl sites for hydroxylation is 2. The fourth-order valence-electron chi connectivity index (χ4n) is 9.47. The molecular formula is C27H32O2. The Morgan fingerprint density at radius 3 is 1.97 bits per heavy atom. The van der Waals surface area contributed by atoms with Crippen molar-refractivity contribution in [2.45, 2.75) is 77.0 Å². The third kappa shape index (κ3) is 1.86. The zero-order valence-corrected chi connectivity index (χ0v) is 18.1. The van der Waals surface area contributed by atoms with Crippen LogP contribution in [0.4, 0.5) is 0 Å². The summed E-state index contributed by atoms with van der Waals surface area (Å²) < 4.78 is 0. The van der Waals surface area contributed by atoms with Gasteiger partial charge in [0.15, 0.2) is 0 Å². The molecule has 2 nitrogen and oxygen atoms in total. The molecule has 4 fully saturated rings. The van der Waals surface area contributed by atoms with Gasteiger partial charge in [-0.15, -0.1) is 0 Å². The van der Waals surface area contributed by atoms with Crippen LogP contribution in [-0.4, -0.2) is 10.2 Å². The molecular weight excluding hydrogens is 356 g/mol. The number of hydrogen-bond donors (Lipinski definition) is 2. The van der Waals surface area contributed by atoms with Crippen LogP contribution in [0.5, 0.6) is 11.5 Å². The van der Waals surface area contributed by atoms with Crippen LogP contribution in [0.25, 0.3) is 0 Å². The Bertz CT molecular complexity index is 1060. The van der Waals surface area contributed by atoms with Gasteiger partial charge in [-0.25, -0.2) is 0 Å². The molecule has 4 aliphatic rings. The lowest BCUT2D eigenvalue weighted by Crippen LogP contribution is -2.61. The largest absolute Gasteiger partial charge is 0.508 e. The lowest BCUT2D eigenvalue weighted by Gasteiger charge is -2.66. The molecule has 0 aliphatic heterocycles. The van der Waals surface area contributed by atoms with Gasteiger partial charge >= 0.3 is 0 Å². The molecule has 2 heteroatoms. The normalized spacial score (nSPS) is 44.0. The first-order valence-electron chi connectivity index (χ1n) is 11.2. The molecule has 4 saturated carbocycles. The summed E-state index contributed by atoms with van der Waals surface area (Å²) in [5, 5.41) is 20.2. The van der Waals surface area contributed by atoms with Gasteiger partial charge in [0.25, 0.3) is 0 Å². The van der Waals surface area contributed by atoms with E-state index in [0.29, 0.717) is 27.7 Å². The maximum atomic E-state index is 10.1. The summed E-state index contributed by atoms with van der Waals surface area (Å²) in [7, 11) is 0. The van der Waals surface area contributed by atoms with Gasteiger partial charge in [0.1, 0.15) is 11.5 Å². The predicted octanol–water partition coefficient (Wildman–Crippen LogP) is 6.28. The number of rotatable bonds is 2. The van der Waals surface area contributed by atoms with Crippen molar-refractivity contribution in [3.05, 3.63) is 58.7 Å². The molecule has 0 aromatic heterocycles. The van der Waals surface area contributed by atoms with Gasteiger partial charge in [-0.3, -0.25) is 0 Å². The zero-order valence-electron chi connectivity index (χ0n) is 18.1. The smallest absolute Gasteiger partial charge is 0.118 e. The third-order valence-electron chi connectivity index (χ3n) is 9.91. The first-order valence-corrected chi connectivity index (χ1v) is 11.2. The van der Waals surface area contributed by atoms with Crippen molar-refractivity contribution in [3.8, 4) is 11.5 Å². The van der Waals surface area contributed by atoms with E-state index in [-0.39, 0.29) is 10.8 Å². The summed E-state index contributed by atoms with van der Waals surface area (Å²) in [6.45, 7) is 9.16. The molecule has 3 bridgehead atoms. The van der Waals surface area contributed by atoms with E-state index in [1.807, 2.05) is 26.0 Å². The monoisotopic (exact) mass is 388 g/mol. The second-order valence-corrected chi connectivity index (χ2v) is 11.9. The van der Waals surface area contributed by atoms with Crippen LogP contribution in [0.3, 0.4) is 0 Å². The van der Waals surface area contributed by atoms with E-state index < -0.39 is 0 Å². The van der Waals surface area contributed by atoms with Crippen LogP contribution >= 0.6 is 0 Å². The van der Waals surface area contributed by atoms with Crippen LogP contribution in [0, 0.1) is 30.1 Å². The maximum absolute atomic E-state index is 10.1. The Balaban J connectivity index is 1.53. The van der Waals surface area contributed by atoms with Gasteiger partial charge in [-0.1, -0.05) is 38.1 Å². The highest BCUT2D eigenvalue weighted by Crippen LogP contribution is 2.90. The third-order valence-corrected chi connectivity index (χ3v) is 9.91. The SMILES string of the molecule is Cc1cc(C23CC4(C)CC5(c6ccc(O)c(C)c6)CC(C)(C2)C5(C4)C3)ccc1O. The van der Waals surface area contributed by atoms with E-state index in [1.54, 1.807) is 0 Å². The standard InChI is InChI=1S/C27H32O2/c1-17-9-19(5-7-21(17)28)25-11-23(3)12-26(20-6-8-22(29)18(2)10-20)15-24(4,14-25)27(26,13-23)16-25/h5-10,28-29H,11-16H2,1-4H3. The first kappa shape index (κ1) is 17.9. The second-order valence-electron chi connectivity index (χ2n) is 11.9. The summed E-state index contributed by atoms with van der Waals surface area (Å²) in [4.78, 5) is 0. The van der Waals surface area contributed by atoms with Gasteiger partial charge < -0.3 is 10.2 Å². The lowest BCUT2D eigenvalue weighted by molar-refractivity contribution is -0.115. The molecule has 0 heterocycles. The Kier molecular flexibility index (Phi) is 2.99. The van der Waals surface area contributed by atoms with Crippen LogP contribution in [0.15, 0.2) is 36.4 Å². The van der Waals surface area contributed by atoms with Gasteiger partial charge in [-0.05, 0) is 108 Å². The minimum absolute atomic E-state index is 0.240. The molecule has 0 amide bonds. The fraction of sp³-hybridized carbons (Fsp3) is 0.556. The van der Waals surface area contributed by atoms with Crippen molar-refractivity contribution in [3.63, 3.8) is 0 Å². The van der Waals surface area contributed by atoms with Crippen LogP contribution in [-0.2, 0) is 10.8 Å². The number of hydrogen-bond acceptors (Lipinski definition) is 2. The molecule has 5 atom stereocenters. The van der Waals surface area contributed by atoms with Crippen molar-refractivity contribution in [2.75, 3.05) is 0 Å². The van der Waals surface area contributed by atoms with Gasteiger partial charge in [0.2, 0.25) is 0 Å². The first-order chi connectivity index (χ1) is 13.6. The molecule has 2 N–H and O–H groups in total. The highest BCUT2D eigenvalue weighted by Gasteiger charge is 2.84. The highest BCUT2D eigenvalue weighted by molar-refractivity contribution is 5.51. The van der Waals surface area contributed by atoms with Crippen molar-refractivity contribution in [2.24, 2.45) is 16.2 Å². The summed E-state index contributed by atoms with van der Waals surface area (Å²) in [5.74, 6) is 0.826. The quantitative estimate of drug-likeness (QED) is 0.635. The fourth-order valence-corrected chi connectivity index (χ4v) is 9.47. The van der Waals surface area contributed by atoms with Crippen molar-refractivity contribution >= 4 is 0 Å². The molecule has 152 valence electrons. The molecule has 5 unspecified atom stereocenters. The molecule has 2 aromatic carbocycles. The van der Waals surface area contributed by atoms with Crippen LogP contribution in [0.2, 0.25) is 0 Å². The van der Waals surface area contributed by atoms with E-state index >= 15 is 0 Å². The van der Waals surface area contributed by atoms with E-state index in [2.05, 4.69) is 38.1 Å². The molecule has 29 heavy (non-hydrogen) atoms. The Hall–Kier alpha value is -1.96. The van der Waals surface area contributed by atoms with Crippen molar-refractivity contribution in [1.29, 1.82) is 0 Å². The minimum Gasteiger partial charge on any atom is -0.508 e. The zero-order chi connectivity index (χ0) is 20.4. The number of benzene rings is 2. The van der Waals surface area contributed by atoms with E-state index in [4.69, 9.17) is 0 Å². The Morgan fingerprint density at radius 2 is 1.31 bits per heavy atom. The minimum atomic E-state index is 0.240. The van der Waals surface area contributed by atoms with Crippen LogP contribution in [0.1, 0.15) is 74.6 Å².